The first-order valence-corrected chi connectivity index (χ1v) is 12.1. The standard InChI is InChI=1S/C27H23N3O4S/c1-4-34-19-12-10-18(11-13-19)30-26(32)20-14-9-17(15-21(20)27(30)33)25(31)29(3)16(2)24-28-22-7-5-6-8-23(22)35-24/h5-16H,4H2,1-3H3. The van der Waals surface area contributed by atoms with Crippen LogP contribution in [0.4, 0.5) is 5.69 Å². The molecule has 5 rings (SSSR count). The Balaban J connectivity index is 1.39. The van der Waals surface area contributed by atoms with Crippen molar-refractivity contribution >= 4 is 45.0 Å². The van der Waals surface area contributed by atoms with Gasteiger partial charge in [0.25, 0.3) is 17.7 Å². The van der Waals surface area contributed by atoms with Gasteiger partial charge in [-0.1, -0.05) is 12.1 Å². The number of anilines is 1. The Morgan fingerprint density at radius 3 is 2.46 bits per heavy atom. The molecule has 35 heavy (non-hydrogen) atoms. The van der Waals surface area contributed by atoms with Gasteiger partial charge in [-0.15, -0.1) is 11.3 Å². The predicted octanol–water partition coefficient (Wildman–Crippen LogP) is 5.33. The van der Waals surface area contributed by atoms with Crippen molar-refractivity contribution in [3.8, 4) is 5.75 Å². The van der Waals surface area contributed by atoms with Crippen molar-refractivity contribution in [1.82, 2.24) is 9.88 Å². The zero-order valence-electron chi connectivity index (χ0n) is 19.5. The first kappa shape index (κ1) is 22.7. The molecule has 3 amide bonds. The zero-order chi connectivity index (χ0) is 24.7. The summed E-state index contributed by atoms with van der Waals surface area (Å²) in [4.78, 5) is 46.8. The number of ether oxygens (including phenoxy) is 1. The lowest BCUT2D eigenvalue weighted by Gasteiger charge is -2.23. The Morgan fingerprint density at radius 1 is 1.03 bits per heavy atom. The highest BCUT2D eigenvalue weighted by atomic mass is 32.1. The van der Waals surface area contributed by atoms with Gasteiger partial charge in [-0.05, 0) is 68.4 Å². The number of amides is 3. The van der Waals surface area contributed by atoms with Crippen molar-refractivity contribution < 1.29 is 19.1 Å². The summed E-state index contributed by atoms with van der Waals surface area (Å²) in [5, 5.41) is 0.830. The van der Waals surface area contributed by atoms with Gasteiger partial charge in [0.05, 0.1) is 39.7 Å². The maximum absolute atomic E-state index is 13.3. The molecule has 0 saturated carbocycles. The third-order valence-corrected chi connectivity index (χ3v) is 7.32. The smallest absolute Gasteiger partial charge is 0.266 e. The molecule has 4 aromatic rings. The van der Waals surface area contributed by atoms with Crippen molar-refractivity contribution in [2.75, 3.05) is 18.6 Å². The van der Waals surface area contributed by atoms with Gasteiger partial charge >= 0.3 is 0 Å². The molecule has 0 bridgehead atoms. The molecular formula is C27H23N3O4S. The van der Waals surface area contributed by atoms with Crippen LogP contribution < -0.4 is 9.64 Å². The maximum atomic E-state index is 13.3. The lowest BCUT2D eigenvalue weighted by molar-refractivity contribution is 0.0742. The topological polar surface area (TPSA) is 79.8 Å². The molecule has 0 N–H and O–H groups in total. The van der Waals surface area contributed by atoms with Crippen LogP contribution in [-0.2, 0) is 0 Å². The van der Waals surface area contributed by atoms with E-state index in [-0.39, 0.29) is 23.1 Å². The fraction of sp³-hybridized carbons (Fsp3) is 0.185. The molecule has 1 aliphatic rings. The number of rotatable bonds is 6. The Labute approximate surface area is 206 Å². The number of nitrogens with zero attached hydrogens (tertiary/aromatic N) is 3. The summed E-state index contributed by atoms with van der Waals surface area (Å²) >= 11 is 1.55. The Hall–Kier alpha value is -4.04. The molecule has 1 unspecified atom stereocenters. The number of aromatic nitrogens is 1. The third kappa shape index (κ3) is 3.95. The molecule has 0 radical (unpaired) electrons. The minimum absolute atomic E-state index is 0.218. The van der Waals surface area contributed by atoms with Gasteiger partial charge in [-0.2, -0.15) is 0 Å². The van der Waals surface area contributed by atoms with E-state index in [1.54, 1.807) is 59.7 Å². The van der Waals surface area contributed by atoms with Crippen molar-refractivity contribution in [2.24, 2.45) is 0 Å². The molecule has 3 aromatic carbocycles. The van der Waals surface area contributed by atoms with E-state index in [9.17, 15) is 14.4 Å². The van der Waals surface area contributed by atoms with E-state index in [1.807, 2.05) is 38.1 Å². The van der Waals surface area contributed by atoms with Crippen LogP contribution in [-0.4, -0.2) is 41.3 Å². The van der Waals surface area contributed by atoms with E-state index in [1.165, 1.54) is 6.07 Å². The largest absolute Gasteiger partial charge is 0.494 e. The van der Waals surface area contributed by atoms with Crippen molar-refractivity contribution in [3.05, 3.63) is 88.4 Å². The van der Waals surface area contributed by atoms with Crippen LogP contribution in [0.3, 0.4) is 0 Å². The van der Waals surface area contributed by atoms with Crippen LogP contribution in [0.1, 0.15) is 56.0 Å². The summed E-state index contributed by atoms with van der Waals surface area (Å²) in [6, 6.07) is 19.0. The number of carbonyl (C=O) groups is 3. The molecule has 0 spiro atoms. The van der Waals surface area contributed by atoms with Crippen LogP contribution in [0.15, 0.2) is 66.7 Å². The SMILES string of the molecule is CCOc1ccc(N2C(=O)c3ccc(C(=O)N(C)C(C)c4nc5ccccc5s4)cc3C2=O)cc1. The molecule has 0 fully saturated rings. The Bertz CT molecular complexity index is 1430. The molecule has 2 heterocycles. The maximum Gasteiger partial charge on any atom is 0.266 e. The third-order valence-electron chi connectivity index (χ3n) is 6.11. The van der Waals surface area contributed by atoms with Crippen LogP contribution >= 0.6 is 11.3 Å². The van der Waals surface area contributed by atoms with Gasteiger partial charge in [0.15, 0.2) is 0 Å². The van der Waals surface area contributed by atoms with E-state index in [4.69, 9.17) is 4.74 Å². The van der Waals surface area contributed by atoms with E-state index in [2.05, 4.69) is 4.98 Å². The predicted molar refractivity (Wildman–Crippen MR) is 135 cm³/mol. The number of hydrogen-bond donors (Lipinski definition) is 0. The number of carbonyl (C=O) groups excluding carboxylic acids is 3. The first-order chi connectivity index (χ1) is 16.9. The second kappa shape index (κ2) is 8.96. The highest BCUT2D eigenvalue weighted by Crippen LogP contribution is 2.32. The molecular weight excluding hydrogens is 462 g/mol. The van der Waals surface area contributed by atoms with Gasteiger partial charge in [-0.25, -0.2) is 9.88 Å². The summed E-state index contributed by atoms with van der Waals surface area (Å²) in [6.45, 7) is 4.33. The van der Waals surface area contributed by atoms with Gasteiger partial charge < -0.3 is 9.64 Å². The van der Waals surface area contributed by atoms with Gasteiger partial charge in [-0.3, -0.25) is 14.4 Å². The van der Waals surface area contributed by atoms with E-state index < -0.39 is 11.8 Å². The van der Waals surface area contributed by atoms with Gasteiger partial charge in [0, 0.05) is 12.6 Å². The van der Waals surface area contributed by atoms with E-state index in [0.717, 1.165) is 20.1 Å². The second-order valence-electron chi connectivity index (χ2n) is 8.24. The number of para-hydroxylation sites is 1. The molecule has 7 nitrogen and oxygen atoms in total. The lowest BCUT2D eigenvalue weighted by atomic mass is 10.0. The quantitative estimate of drug-likeness (QED) is 0.345. The molecule has 1 aromatic heterocycles. The molecule has 1 atom stereocenters. The van der Waals surface area contributed by atoms with E-state index >= 15 is 0 Å². The number of benzene rings is 3. The van der Waals surface area contributed by atoms with Crippen molar-refractivity contribution in [2.45, 2.75) is 19.9 Å². The zero-order valence-corrected chi connectivity index (χ0v) is 20.3. The average molecular weight is 486 g/mol. The Morgan fingerprint density at radius 2 is 1.74 bits per heavy atom. The van der Waals surface area contributed by atoms with Crippen LogP contribution in [0.25, 0.3) is 10.2 Å². The minimum Gasteiger partial charge on any atom is -0.494 e. The van der Waals surface area contributed by atoms with Gasteiger partial charge in [0.1, 0.15) is 10.8 Å². The first-order valence-electron chi connectivity index (χ1n) is 11.3. The average Bonchev–Trinajstić information content (AvgIpc) is 3.42. The Kier molecular flexibility index (Phi) is 5.82. The second-order valence-corrected chi connectivity index (χ2v) is 9.31. The highest BCUT2D eigenvalue weighted by Gasteiger charge is 2.37. The number of hydrogen-bond acceptors (Lipinski definition) is 6. The molecule has 0 aliphatic carbocycles. The summed E-state index contributed by atoms with van der Waals surface area (Å²) in [7, 11) is 1.71. The molecule has 8 heteroatoms. The summed E-state index contributed by atoms with van der Waals surface area (Å²) in [5.41, 5.74) is 2.19. The van der Waals surface area contributed by atoms with E-state index in [0.29, 0.717) is 23.6 Å². The normalized spacial score (nSPS) is 13.7. The molecule has 176 valence electrons. The number of fused-ring (bicyclic) bond motifs is 2. The van der Waals surface area contributed by atoms with Crippen LogP contribution in [0.2, 0.25) is 0 Å². The van der Waals surface area contributed by atoms with Crippen molar-refractivity contribution in [3.63, 3.8) is 0 Å². The van der Waals surface area contributed by atoms with Crippen LogP contribution in [0.5, 0.6) is 5.75 Å². The summed E-state index contributed by atoms with van der Waals surface area (Å²) in [6.07, 6.45) is 0. The highest BCUT2D eigenvalue weighted by molar-refractivity contribution is 7.18. The fourth-order valence-electron chi connectivity index (χ4n) is 4.08. The van der Waals surface area contributed by atoms with Crippen LogP contribution in [0, 0.1) is 0 Å². The number of imide groups is 1. The van der Waals surface area contributed by atoms with Gasteiger partial charge in [0.2, 0.25) is 0 Å². The monoisotopic (exact) mass is 485 g/mol. The summed E-state index contributed by atoms with van der Waals surface area (Å²) in [5.74, 6) is -0.458. The number of thiazole rings is 1. The lowest BCUT2D eigenvalue weighted by Crippen LogP contribution is -2.30. The fourth-order valence-corrected chi connectivity index (χ4v) is 5.14. The van der Waals surface area contributed by atoms with Crippen molar-refractivity contribution in [1.29, 1.82) is 0 Å². The summed E-state index contributed by atoms with van der Waals surface area (Å²) < 4.78 is 6.50. The molecule has 1 aliphatic heterocycles. The minimum atomic E-state index is -0.453. The molecule has 0 saturated heterocycles.